The summed E-state index contributed by atoms with van der Waals surface area (Å²) in [4.78, 5) is 34.4. The first-order valence-electron chi connectivity index (χ1n) is 10.2. The van der Waals surface area contributed by atoms with Crippen molar-refractivity contribution in [1.82, 2.24) is 24.9 Å². The van der Waals surface area contributed by atoms with E-state index in [9.17, 15) is 4.79 Å². The number of rotatable bonds is 3. The maximum Gasteiger partial charge on any atom is 0.200 e. The second-order valence-electron chi connectivity index (χ2n) is 7.55. The Morgan fingerprint density at radius 2 is 1.91 bits per heavy atom. The lowest BCUT2D eigenvalue weighted by Crippen LogP contribution is -2.08. The van der Waals surface area contributed by atoms with Gasteiger partial charge in [-0.05, 0) is 48.9 Å². The molecule has 5 aromatic heterocycles. The lowest BCUT2D eigenvalue weighted by Gasteiger charge is -2.11. The van der Waals surface area contributed by atoms with Gasteiger partial charge in [-0.1, -0.05) is 12.1 Å². The van der Waals surface area contributed by atoms with Crippen LogP contribution < -0.4 is 5.43 Å². The molecule has 7 heteroatoms. The SMILES string of the molecule is Cc1ncc(-c2nc3[nH]cc(-c4ccc[nH]4)c(=O)c3cc2-c2ccc3ncccc3c2)s1. The largest absolute Gasteiger partial charge is 0.361 e. The van der Waals surface area contributed by atoms with Crippen LogP contribution in [0.2, 0.25) is 0 Å². The molecule has 0 bridgehead atoms. The minimum Gasteiger partial charge on any atom is -0.361 e. The number of benzene rings is 1. The highest BCUT2D eigenvalue weighted by Crippen LogP contribution is 2.36. The van der Waals surface area contributed by atoms with Crippen LogP contribution in [0.25, 0.3) is 54.9 Å². The molecule has 0 radical (unpaired) electrons. The van der Waals surface area contributed by atoms with Crippen LogP contribution in [0.1, 0.15) is 5.01 Å². The molecule has 0 aliphatic carbocycles. The standard InChI is InChI=1S/C25H17N5OS/c1-14-28-13-22(32-14)23-17(15-6-7-20-16(10-15)4-2-8-26-20)11-18-24(31)19(12-29-25(18)30-23)21-5-3-9-27-21/h2-13,27H,1H3,(H,29,30,31). The van der Waals surface area contributed by atoms with E-state index in [4.69, 9.17) is 4.98 Å². The fourth-order valence-corrected chi connectivity index (χ4v) is 4.75. The number of aromatic amines is 2. The van der Waals surface area contributed by atoms with E-state index in [0.717, 1.165) is 43.3 Å². The third kappa shape index (κ3) is 3.02. The first kappa shape index (κ1) is 18.7. The zero-order valence-corrected chi connectivity index (χ0v) is 17.9. The maximum atomic E-state index is 13.4. The summed E-state index contributed by atoms with van der Waals surface area (Å²) in [6.45, 7) is 1.97. The molecule has 6 rings (SSSR count). The van der Waals surface area contributed by atoms with Crippen molar-refractivity contribution >= 4 is 33.3 Å². The molecule has 32 heavy (non-hydrogen) atoms. The molecule has 0 fully saturated rings. The first-order chi connectivity index (χ1) is 15.7. The van der Waals surface area contributed by atoms with Crippen LogP contribution in [-0.4, -0.2) is 24.9 Å². The minimum atomic E-state index is -0.0653. The van der Waals surface area contributed by atoms with Gasteiger partial charge < -0.3 is 9.97 Å². The van der Waals surface area contributed by atoms with Gasteiger partial charge in [0.15, 0.2) is 5.43 Å². The monoisotopic (exact) mass is 435 g/mol. The summed E-state index contributed by atoms with van der Waals surface area (Å²) in [6.07, 6.45) is 7.14. The number of hydrogen-bond donors (Lipinski definition) is 2. The van der Waals surface area contributed by atoms with Crippen molar-refractivity contribution in [3.8, 4) is 33.0 Å². The Bertz CT molecular complexity index is 1660. The van der Waals surface area contributed by atoms with E-state index in [1.54, 1.807) is 29.9 Å². The predicted molar refractivity (Wildman–Crippen MR) is 129 cm³/mol. The summed E-state index contributed by atoms with van der Waals surface area (Å²) >= 11 is 1.58. The molecule has 0 saturated heterocycles. The lowest BCUT2D eigenvalue weighted by atomic mass is 9.99. The number of H-pyrrole nitrogens is 2. The van der Waals surface area contributed by atoms with Gasteiger partial charge in [-0.25, -0.2) is 9.97 Å². The summed E-state index contributed by atoms with van der Waals surface area (Å²) in [5.41, 5.74) is 5.43. The molecule has 0 unspecified atom stereocenters. The van der Waals surface area contributed by atoms with Crippen LogP contribution in [-0.2, 0) is 0 Å². The second kappa shape index (κ2) is 7.25. The summed E-state index contributed by atoms with van der Waals surface area (Å²) < 4.78 is 0. The predicted octanol–water partition coefficient (Wildman–Crippen LogP) is 5.57. The van der Waals surface area contributed by atoms with Crippen LogP contribution in [0.5, 0.6) is 0 Å². The Kier molecular flexibility index (Phi) is 4.22. The first-order valence-corrected chi connectivity index (χ1v) is 11.0. The van der Waals surface area contributed by atoms with E-state index in [-0.39, 0.29) is 5.43 Å². The van der Waals surface area contributed by atoms with Gasteiger partial charge in [-0.3, -0.25) is 9.78 Å². The van der Waals surface area contributed by atoms with Crippen LogP contribution in [0, 0.1) is 6.92 Å². The van der Waals surface area contributed by atoms with Gasteiger partial charge in [0, 0.05) is 35.7 Å². The van der Waals surface area contributed by atoms with Crippen molar-refractivity contribution in [3.63, 3.8) is 0 Å². The van der Waals surface area contributed by atoms with Crippen molar-refractivity contribution in [2.45, 2.75) is 6.92 Å². The second-order valence-corrected chi connectivity index (χ2v) is 8.79. The number of nitrogens with zero attached hydrogens (tertiary/aromatic N) is 3. The molecule has 6 nitrogen and oxygen atoms in total. The topological polar surface area (TPSA) is 87.3 Å². The Labute approximate surface area is 186 Å². The van der Waals surface area contributed by atoms with E-state index in [1.165, 1.54) is 0 Å². The summed E-state index contributed by atoms with van der Waals surface area (Å²) in [5, 5.41) is 2.54. The van der Waals surface area contributed by atoms with Crippen LogP contribution in [0.15, 0.2) is 78.1 Å². The number of aryl methyl sites for hydroxylation is 1. The summed E-state index contributed by atoms with van der Waals surface area (Å²) in [5.74, 6) is 0. The average molecular weight is 436 g/mol. The van der Waals surface area contributed by atoms with Gasteiger partial charge in [0.1, 0.15) is 5.65 Å². The highest BCUT2D eigenvalue weighted by molar-refractivity contribution is 7.15. The molecular formula is C25H17N5OS. The molecule has 2 N–H and O–H groups in total. The molecule has 0 aliphatic heterocycles. The Balaban J connectivity index is 1.66. The molecule has 0 amide bonds. The Morgan fingerprint density at radius 3 is 2.72 bits per heavy atom. The quantitative estimate of drug-likeness (QED) is 0.381. The molecule has 0 aliphatic rings. The zero-order valence-electron chi connectivity index (χ0n) is 17.1. The molecule has 0 atom stereocenters. The smallest absolute Gasteiger partial charge is 0.200 e. The lowest BCUT2D eigenvalue weighted by molar-refractivity contribution is 1.26. The van der Waals surface area contributed by atoms with Gasteiger partial charge in [-0.2, -0.15) is 0 Å². The number of fused-ring (bicyclic) bond motifs is 2. The third-order valence-electron chi connectivity index (χ3n) is 5.52. The average Bonchev–Trinajstić information content (AvgIpc) is 3.50. The highest BCUT2D eigenvalue weighted by Gasteiger charge is 2.17. The van der Waals surface area contributed by atoms with Crippen LogP contribution in [0.3, 0.4) is 0 Å². The highest BCUT2D eigenvalue weighted by atomic mass is 32.1. The summed E-state index contributed by atoms with van der Waals surface area (Å²) in [7, 11) is 0. The van der Waals surface area contributed by atoms with Crippen LogP contribution >= 0.6 is 11.3 Å². The molecule has 6 aromatic rings. The van der Waals surface area contributed by atoms with Crippen molar-refractivity contribution in [3.05, 3.63) is 88.5 Å². The molecule has 5 heterocycles. The Morgan fingerprint density at radius 1 is 0.969 bits per heavy atom. The number of aromatic nitrogens is 5. The Hall–Kier alpha value is -4.10. The van der Waals surface area contributed by atoms with E-state index >= 15 is 0 Å². The molecule has 1 aromatic carbocycles. The van der Waals surface area contributed by atoms with Gasteiger partial charge in [-0.15, -0.1) is 11.3 Å². The molecular weight excluding hydrogens is 418 g/mol. The molecule has 0 spiro atoms. The maximum absolute atomic E-state index is 13.4. The van der Waals surface area contributed by atoms with Crippen molar-refractivity contribution in [1.29, 1.82) is 0 Å². The van der Waals surface area contributed by atoms with Crippen molar-refractivity contribution < 1.29 is 0 Å². The number of thiazole rings is 1. The molecule has 154 valence electrons. The van der Waals surface area contributed by atoms with Crippen LogP contribution in [0.4, 0.5) is 0 Å². The van der Waals surface area contributed by atoms with Gasteiger partial charge in [0.05, 0.1) is 37.7 Å². The summed E-state index contributed by atoms with van der Waals surface area (Å²) in [6, 6.07) is 15.8. The molecule has 0 saturated carbocycles. The van der Waals surface area contributed by atoms with Crippen molar-refractivity contribution in [2.75, 3.05) is 0 Å². The van der Waals surface area contributed by atoms with E-state index in [2.05, 4.69) is 26.0 Å². The van der Waals surface area contributed by atoms with Crippen molar-refractivity contribution in [2.24, 2.45) is 0 Å². The van der Waals surface area contributed by atoms with E-state index in [1.807, 2.05) is 55.6 Å². The fourth-order valence-electron chi connectivity index (χ4n) is 3.97. The minimum absolute atomic E-state index is 0.0653. The fraction of sp³-hybridized carbons (Fsp3) is 0.0400. The number of nitrogens with one attached hydrogen (secondary N) is 2. The van der Waals surface area contributed by atoms with Gasteiger partial charge >= 0.3 is 0 Å². The van der Waals surface area contributed by atoms with E-state index in [0.29, 0.717) is 16.6 Å². The number of pyridine rings is 3. The van der Waals surface area contributed by atoms with Gasteiger partial charge in [0.2, 0.25) is 0 Å². The normalized spacial score (nSPS) is 11.4. The third-order valence-corrected chi connectivity index (χ3v) is 6.44. The van der Waals surface area contributed by atoms with Gasteiger partial charge in [0.25, 0.3) is 0 Å². The number of hydrogen-bond acceptors (Lipinski definition) is 5. The van der Waals surface area contributed by atoms with E-state index < -0.39 is 0 Å². The zero-order chi connectivity index (χ0) is 21.7.